The lowest BCUT2D eigenvalue weighted by Gasteiger charge is -2.30. The Balaban J connectivity index is 1.33. The van der Waals surface area contributed by atoms with Crippen LogP contribution in [0.5, 0.6) is 0 Å². The minimum atomic E-state index is 0.331. The Kier molecular flexibility index (Phi) is 6.92. The SMILES string of the molecule is c1ccc(CN2CN(Cc3ccccc3)C3C2N(Cc2ccccc2)CN3Cc2ccccc2)cc1. The molecule has 0 unspecified atom stereocenters. The van der Waals surface area contributed by atoms with Gasteiger partial charge in [-0.15, -0.1) is 0 Å². The second kappa shape index (κ2) is 10.8. The highest BCUT2D eigenvalue weighted by Gasteiger charge is 2.51. The summed E-state index contributed by atoms with van der Waals surface area (Å²) in [6, 6.07) is 43.7. The van der Waals surface area contributed by atoms with Gasteiger partial charge in [0.1, 0.15) is 0 Å². The van der Waals surface area contributed by atoms with Gasteiger partial charge in [-0.1, -0.05) is 121 Å². The van der Waals surface area contributed by atoms with Crippen LogP contribution in [0.1, 0.15) is 22.3 Å². The molecule has 4 heteroatoms. The minimum Gasteiger partial charge on any atom is -0.268 e. The summed E-state index contributed by atoms with van der Waals surface area (Å²) >= 11 is 0. The monoisotopic (exact) mass is 474 g/mol. The molecule has 4 aromatic carbocycles. The molecule has 0 atom stereocenters. The first-order chi connectivity index (χ1) is 17.8. The fraction of sp³-hybridized carbons (Fsp3) is 0.250. The van der Waals surface area contributed by atoms with Gasteiger partial charge in [-0.05, 0) is 22.3 Å². The zero-order chi connectivity index (χ0) is 24.2. The largest absolute Gasteiger partial charge is 0.268 e. The van der Waals surface area contributed by atoms with Crippen molar-refractivity contribution in [1.29, 1.82) is 0 Å². The first-order valence-electron chi connectivity index (χ1n) is 13.0. The molecule has 6 rings (SSSR count). The van der Waals surface area contributed by atoms with Gasteiger partial charge in [-0.25, -0.2) is 0 Å². The molecule has 0 aliphatic carbocycles. The molecule has 4 aromatic rings. The Morgan fingerprint density at radius 2 is 0.583 bits per heavy atom. The Bertz CT molecular complexity index is 1020. The summed E-state index contributed by atoms with van der Waals surface area (Å²) in [4.78, 5) is 10.7. The smallest absolute Gasteiger partial charge is 0.0948 e. The van der Waals surface area contributed by atoms with E-state index in [-0.39, 0.29) is 0 Å². The van der Waals surface area contributed by atoms with Gasteiger partial charge in [0, 0.05) is 26.2 Å². The number of hydrogen-bond donors (Lipinski definition) is 0. The van der Waals surface area contributed by atoms with Crippen molar-refractivity contribution < 1.29 is 0 Å². The van der Waals surface area contributed by atoms with Crippen LogP contribution in [0, 0.1) is 0 Å². The highest BCUT2D eigenvalue weighted by Crippen LogP contribution is 2.36. The molecule has 36 heavy (non-hydrogen) atoms. The minimum absolute atomic E-state index is 0.331. The molecular weight excluding hydrogens is 440 g/mol. The summed E-state index contributed by atoms with van der Waals surface area (Å²) in [6.07, 6.45) is 0.663. The third kappa shape index (κ3) is 5.13. The fourth-order valence-electron chi connectivity index (χ4n) is 5.86. The molecule has 2 saturated heterocycles. The van der Waals surface area contributed by atoms with Crippen LogP contribution in [0.25, 0.3) is 0 Å². The van der Waals surface area contributed by atoms with Crippen molar-refractivity contribution in [1.82, 2.24) is 19.6 Å². The Labute approximate surface area is 215 Å². The van der Waals surface area contributed by atoms with Crippen LogP contribution in [0.4, 0.5) is 0 Å². The van der Waals surface area contributed by atoms with Crippen molar-refractivity contribution in [2.24, 2.45) is 0 Å². The molecule has 0 radical (unpaired) electrons. The molecule has 0 N–H and O–H groups in total. The van der Waals surface area contributed by atoms with Crippen molar-refractivity contribution >= 4 is 0 Å². The summed E-state index contributed by atoms with van der Waals surface area (Å²) in [6.45, 7) is 5.73. The van der Waals surface area contributed by atoms with Gasteiger partial charge in [0.25, 0.3) is 0 Å². The Morgan fingerprint density at radius 3 is 0.806 bits per heavy atom. The van der Waals surface area contributed by atoms with E-state index in [2.05, 4.69) is 141 Å². The van der Waals surface area contributed by atoms with Gasteiger partial charge >= 0.3 is 0 Å². The molecule has 0 spiro atoms. The molecule has 0 aromatic heterocycles. The molecular formula is C32H34N4. The van der Waals surface area contributed by atoms with Crippen LogP contribution in [0.3, 0.4) is 0 Å². The molecule has 0 saturated carbocycles. The Morgan fingerprint density at radius 1 is 0.361 bits per heavy atom. The maximum Gasteiger partial charge on any atom is 0.0948 e. The topological polar surface area (TPSA) is 13.0 Å². The predicted molar refractivity (Wildman–Crippen MR) is 145 cm³/mol. The third-order valence-electron chi connectivity index (χ3n) is 7.40. The second-order valence-electron chi connectivity index (χ2n) is 10.0. The summed E-state index contributed by atoms with van der Waals surface area (Å²) in [7, 11) is 0. The van der Waals surface area contributed by atoms with E-state index < -0.39 is 0 Å². The lowest BCUT2D eigenvalue weighted by atomic mass is 10.1. The average Bonchev–Trinajstić information content (AvgIpc) is 3.45. The van der Waals surface area contributed by atoms with Gasteiger partial charge in [0.2, 0.25) is 0 Å². The number of rotatable bonds is 8. The van der Waals surface area contributed by atoms with E-state index in [0.29, 0.717) is 12.3 Å². The first-order valence-corrected chi connectivity index (χ1v) is 13.0. The van der Waals surface area contributed by atoms with Crippen LogP contribution in [0.15, 0.2) is 121 Å². The molecule has 182 valence electrons. The first kappa shape index (κ1) is 23.1. The maximum atomic E-state index is 2.68. The highest BCUT2D eigenvalue weighted by atomic mass is 15.6. The predicted octanol–water partition coefficient (Wildman–Crippen LogP) is 5.59. The molecule has 2 aliphatic rings. The molecule has 4 nitrogen and oxygen atoms in total. The highest BCUT2D eigenvalue weighted by molar-refractivity contribution is 5.20. The quantitative estimate of drug-likeness (QED) is 0.330. The lowest BCUT2D eigenvalue weighted by molar-refractivity contribution is 0.0697. The number of fused-ring (bicyclic) bond motifs is 1. The number of benzene rings is 4. The summed E-state index contributed by atoms with van der Waals surface area (Å²) in [5.74, 6) is 0. The molecule has 0 bridgehead atoms. The van der Waals surface area contributed by atoms with Gasteiger partial charge in [-0.3, -0.25) is 19.6 Å². The van der Waals surface area contributed by atoms with Crippen molar-refractivity contribution in [2.75, 3.05) is 13.3 Å². The van der Waals surface area contributed by atoms with Crippen molar-refractivity contribution in [3.05, 3.63) is 144 Å². The van der Waals surface area contributed by atoms with Crippen LogP contribution in [-0.4, -0.2) is 45.3 Å². The van der Waals surface area contributed by atoms with Gasteiger partial charge in [-0.2, -0.15) is 0 Å². The van der Waals surface area contributed by atoms with Crippen molar-refractivity contribution in [2.45, 2.75) is 38.5 Å². The third-order valence-corrected chi connectivity index (χ3v) is 7.40. The van der Waals surface area contributed by atoms with Crippen LogP contribution in [0.2, 0.25) is 0 Å². The summed E-state index contributed by atoms with van der Waals surface area (Å²) < 4.78 is 0. The molecule has 2 aliphatic heterocycles. The second-order valence-corrected chi connectivity index (χ2v) is 10.0. The van der Waals surface area contributed by atoms with E-state index in [4.69, 9.17) is 0 Å². The molecule has 2 fully saturated rings. The number of hydrogen-bond acceptors (Lipinski definition) is 4. The zero-order valence-electron chi connectivity index (χ0n) is 20.7. The zero-order valence-corrected chi connectivity index (χ0v) is 20.7. The standard InChI is InChI=1S/C32H34N4/c1-5-13-27(14-6-1)21-33-25-34(22-28-15-7-2-8-16-28)32-31(33)35(23-29-17-9-3-10-18-29)26-36(32)24-30-19-11-4-12-20-30/h1-20,31-32H,21-26H2. The van der Waals surface area contributed by atoms with E-state index in [1.54, 1.807) is 0 Å². The van der Waals surface area contributed by atoms with Crippen LogP contribution >= 0.6 is 0 Å². The van der Waals surface area contributed by atoms with E-state index in [1.165, 1.54) is 22.3 Å². The Hall–Kier alpha value is -3.28. The average molecular weight is 475 g/mol. The lowest BCUT2D eigenvalue weighted by Crippen LogP contribution is -2.45. The van der Waals surface area contributed by atoms with E-state index in [9.17, 15) is 0 Å². The maximum absolute atomic E-state index is 2.68. The number of nitrogens with zero attached hydrogens (tertiary/aromatic N) is 4. The van der Waals surface area contributed by atoms with Crippen LogP contribution in [-0.2, 0) is 26.2 Å². The van der Waals surface area contributed by atoms with E-state index in [0.717, 1.165) is 39.5 Å². The van der Waals surface area contributed by atoms with E-state index in [1.807, 2.05) is 0 Å². The van der Waals surface area contributed by atoms with Crippen molar-refractivity contribution in [3.8, 4) is 0 Å². The van der Waals surface area contributed by atoms with E-state index >= 15 is 0 Å². The normalized spacial score (nSPS) is 21.1. The summed E-state index contributed by atoms with van der Waals surface area (Å²) in [5, 5.41) is 0. The molecule has 2 heterocycles. The summed E-state index contributed by atoms with van der Waals surface area (Å²) in [5.41, 5.74) is 5.50. The fourth-order valence-corrected chi connectivity index (χ4v) is 5.86. The van der Waals surface area contributed by atoms with Gasteiger partial charge < -0.3 is 0 Å². The van der Waals surface area contributed by atoms with Gasteiger partial charge in [0.05, 0.1) is 25.7 Å². The van der Waals surface area contributed by atoms with Gasteiger partial charge in [0.15, 0.2) is 0 Å². The molecule has 0 amide bonds. The van der Waals surface area contributed by atoms with Crippen molar-refractivity contribution in [3.63, 3.8) is 0 Å². The van der Waals surface area contributed by atoms with Crippen LogP contribution < -0.4 is 0 Å².